The molecule has 2 heterocycles. The Morgan fingerprint density at radius 1 is 0.486 bits per heavy atom. The summed E-state index contributed by atoms with van der Waals surface area (Å²) in [5.74, 6) is -2.31. The number of fused-ring (bicyclic) bond motifs is 2. The van der Waals surface area contributed by atoms with E-state index in [0.717, 1.165) is 38.8 Å². The van der Waals surface area contributed by atoms with Crippen LogP contribution in [0.15, 0.2) is 146 Å². The summed E-state index contributed by atoms with van der Waals surface area (Å²) in [6.45, 7) is -1.53. The number of unbranched alkanes of at least 4 members (excludes halogenated alkanes) is 2. The van der Waals surface area contributed by atoms with E-state index in [9.17, 15) is 38.2 Å². The highest BCUT2D eigenvalue weighted by molar-refractivity contribution is 6.07. The van der Waals surface area contributed by atoms with Gasteiger partial charge in [-0.3, -0.25) is 9.59 Å². The number of aromatic nitrogens is 4. The zero-order chi connectivity index (χ0) is 51.0. The van der Waals surface area contributed by atoms with Crippen LogP contribution >= 0.6 is 0 Å². The van der Waals surface area contributed by atoms with Gasteiger partial charge in [0.15, 0.2) is 0 Å². The second-order valence-corrected chi connectivity index (χ2v) is 17.2. The largest absolute Gasteiger partial charge is 0.478 e. The molecule has 2 aromatic heterocycles. The second-order valence-electron chi connectivity index (χ2n) is 17.2. The number of aromatic carboxylic acids is 2. The standard InChI is InChI=1S/2C28H27FN4O3/c29-17-20(30)10-4-5-13-25(26-31-23-11-6-7-12-24(23)32-26)33-27(34)22-16-19(14-15-21(22)28(35)36)18-8-2-1-3-9-18;29-17-20(30)10-4-5-13-25(26-31-23-11-6-7-12-24(23)32-26)33-27(34)21-15-14-19(16-22(21)28(35)36)18-8-2-1-3-9-18/h2*1-3,6-9,11-12,14-16,25,30H,4-5,10,13,17H2,(H,31,32)(H,33,34)(H,35,36)/t2*25-/m00/s1. The van der Waals surface area contributed by atoms with Gasteiger partial charge in [-0.1, -0.05) is 110 Å². The second kappa shape index (κ2) is 24.8. The Balaban J connectivity index is 0.000000211. The Kier molecular flexibility index (Phi) is 17.6. The first-order valence-electron chi connectivity index (χ1n) is 23.5. The summed E-state index contributed by atoms with van der Waals surface area (Å²) in [7, 11) is 0. The number of halogens is 2. The number of nitrogens with one attached hydrogen (secondary N) is 6. The number of benzene rings is 6. The van der Waals surface area contributed by atoms with Gasteiger partial charge in [-0.05, 0) is 109 Å². The van der Waals surface area contributed by atoms with Crippen LogP contribution in [0.4, 0.5) is 8.78 Å². The molecule has 368 valence electrons. The van der Waals surface area contributed by atoms with Crippen molar-refractivity contribution in [3.05, 3.63) is 179 Å². The van der Waals surface area contributed by atoms with Crippen LogP contribution in [-0.2, 0) is 0 Å². The molecule has 2 amide bonds. The number of carboxylic acid groups (broad SMARTS) is 2. The normalized spacial score (nSPS) is 11.8. The molecule has 6 aromatic carbocycles. The Hall–Kier alpha value is -8.66. The Morgan fingerprint density at radius 2 is 0.889 bits per heavy atom. The molecular weight excluding hydrogens is 919 g/mol. The predicted molar refractivity (Wildman–Crippen MR) is 275 cm³/mol. The zero-order valence-electron chi connectivity index (χ0n) is 39.3. The highest BCUT2D eigenvalue weighted by Crippen LogP contribution is 2.28. The van der Waals surface area contributed by atoms with Crippen LogP contribution in [0.3, 0.4) is 0 Å². The molecule has 8 aromatic rings. The summed E-state index contributed by atoms with van der Waals surface area (Å²) >= 11 is 0. The van der Waals surface area contributed by atoms with Crippen molar-refractivity contribution in [3.8, 4) is 22.3 Å². The molecule has 16 heteroatoms. The molecule has 8 rings (SSSR count). The first-order valence-corrected chi connectivity index (χ1v) is 23.5. The van der Waals surface area contributed by atoms with Crippen LogP contribution < -0.4 is 10.6 Å². The third-order valence-corrected chi connectivity index (χ3v) is 12.1. The van der Waals surface area contributed by atoms with E-state index in [4.69, 9.17) is 10.8 Å². The van der Waals surface area contributed by atoms with E-state index in [1.807, 2.05) is 109 Å². The minimum absolute atomic E-state index is 0.0446. The smallest absolute Gasteiger partial charge is 0.336 e. The molecule has 0 spiro atoms. The Labute approximate surface area is 414 Å². The van der Waals surface area contributed by atoms with E-state index in [0.29, 0.717) is 68.6 Å². The van der Waals surface area contributed by atoms with E-state index < -0.39 is 49.2 Å². The highest BCUT2D eigenvalue weighted by atomic mass is 19.1. The molecule has 0 bridgehead atoms. The van der Waals surface area contributed by atoms with Crippen molar-refractivity contribution in [2.75, 3.05) is 13.3 Å². The topological polar surface area (TPSA) is 238 Å². The van der Waals surface area contributed by atoms with Gasteiger partial charge >= 0.3 is 11.9 Å². The number of carbonyl (C=O) groups excluding carboxylic acids is 2. The maximum absolute atomic E-state index is 13.4. The van der Waals surface area contributed by atoms with Gasteiger partial charge in [0.05, 0.1) is 56.4 Å². The van der Waals surface area contributed by atoms with Gasteiger partial charge in [-0.15, -0.1) is 0 Å². The van der Waals surface area contributed by atoms with Gasteiger partial charge in [0.25, 0.3) is 11.8 Å². The van der Waals surface area contributed by atoms with Crippen LogP contribution in [0, 0.1) is 10.8 Å². The number of hydrogen-bond donors (Lipinski definition) is 8. The quantitative estimate of drug-likeness (QED) is 0.0239. The fourth-order valence-corrected chi connectivity index (χ4v) is 8.27. The van der Waals surface area contributed by atoms with Crippen LogP contribution in [0.2, 0.25) is 0 Å². The van der Waals surface area contributed by atoms with Crippen molar-refractivity contribution in [1.29, 1.82) is 10.8 Å². The van der Waals surface area contributed by atoms with E-state index >= 15 is 0 Å². The van der Waals surface area contributed by atoms with Gasteiger partial charge in [0, 0.05) is 11.4 Å². The summed E-state index contributed by atoms with van der Waals surface area (Å²) in [4.78, 5) is 66.4. The van der Waals surface area contributed by atoms with Gasteiger partial charge in [0.2, 0.25) is 0 Å². The average Bonchev–Trinajstić information content (AvgIpc) is 4.06. The molecule has 0 radical (unpaired) electrons. The molecule has 8 N–H and O–H groups in total. The monoisotopic (exact) mass is 972 g/mol. The SMILES string of the molecule is N=C(CF)CCCC[C@H](NC(=O)c1cc(-c2ccccc2)ccc1C(=O)O)c1nc2ccccc2[nH]1.N=C(CF)CCCC[C@H](NC(=O)c1ccc(-c2ccccc2)cc1C(=O)O)c1nc2ccccc2[nH]1. The van der Waals surface area contributed by atoms with Crippen molar-refractivity contribution >= 4 is 57.2 Å². The molecule has 0 aliphatic carbocycles. The Bertz CT molecular complexity index is 3130. The van der Waals surface area contributed by atoms with Gasteiger partial charge in [0.1, 0.15) is 25.0 Å². The van der Waals surface area contributed by atoms with E-state index in [2.05, 4.69) is 30.6 Å². The van der Waals surface area contributed by atoms with Crippen molar-refractivity contribution in [2.24, 2.45) is 0 Å². The highest BCUT2D eigenvalue weighted by Gasteiger charge is 2.25. The minimum atomic E-state index is -1.19. The van der Waals surface area contributed by atoms with Gasteiger partial charge < -0.3 is 41.6 Å². The lowest BCUT2D eigenvalue weighted by Crippen LogP contribution is -2.30. The summed E-state index contributed by atoms with van der Waals surface area (Å²) in [5, 5.41) is 40.5. The molecule has 0 aliphatic rings. The third-order valence-electron chi connectivity index (χ3n) is 12.1. The number of alkyl halides is 2. The number of carbonyl (C=O) groups is 4. The number of H-pyrrole nitrogens is 2. The molecule has 14 nitrogen and oxygen atoms in total. The van der Waals surface area contributed by atoms with Crippen molar-refractivity contribution in [2.45, 2.75) is 63.5 Å². The summed E-state index contributed by atoms with van der Waals surface area (Å²) < 4.78 is 25.2. The lowest BCUT2D eigenvalue weighted by molar-refractivity contribution is 0.0682. The van der Waals surface area contributed by atoms with Crippen LogP contribution in [0.1, 0.15) is 117 Å². The van der Waals surface area contributed by atoms with Crippen LogP contribution in [0.25, 0.3) is 44.3 Å². The molecule has 0 fully saturated rings. The Morgan fingerprint density at radius 3 is 1.32 bits per heavy atom. The van der Waals surface area contributed by atoms with Crippen molar-refractivity contribution in [3.63, 3.8) is 0 Å². The number of nitrogens with zero attached hydrogens (tertiary/aromatic N) is 2. The third kappa shape index (κ3) is 13.4. The van der Waals surface area contributed by atoms with Crippen molar-refractivity contribution < 1.29 is 38.2 Å². The predicted octanol–water partition coefficient (Wildman–Crippen LogP) is 11.9. The maximum atomic E-state index is 13.4. The number of para-hydroxylation sites is 4. The lowest BCUT2D eigenvalue weighted by atomic mass is 9.98. The summed E-state index contributed by atoms with van der Waals surface area (Å²) in [5.41, 5.74) is 6.34. The maximum Gasteiger partial charge on any atom is 0.336 e. The number of rotatable bonds is 22. The molecule has 0 saturated heterocycles. The number of hydrogen-bond acceptors (Lipinski definition) is 8. The molecule has 0 saturated carbocycles. The molecular formula is C56H54F2N8O6. The fraction of sp³-hybridized carbons (Fsp3) is 0.214. The van der Waals surface area contributed by atoms with Crippen LogP contribution in [0.5, 0.6) is 0 Å². The van der Waals surface area contributed by atoms with E-state index in [-0.39, 0.29) is 33.7 Å². The number of carboxylic acids is 2. The van der Waals surface area contributed by atoms with Crippen molar-refractivity contribution in [1.82, 2.24) is 30.6 Å². The van der Waals surface area contributed by atoms with Gasteiger partial charge in [-0.2, -0.15) is 0 Å². The summed E-state index contributed by atoms with van der Waals surface area (Å²) in [6, 6.07) is 42.2. The molecule has 72 heavy (non-hydrogen) atoms. The first kappa shape index (κ1) is 51.2. The number of imidazole rings is 2. The zero-order valence-corrected chi connectivity index (χ0v) is 39.3. The average molecular weight is 973 g/mol. The number of amides is 2. The fourth-order valence-electron chi connectivity index (χ4n) is 8.27. The summed E-state index contributed by atoms with van der Waals surface area (Å²) in [6.07, 6.45) is 4.13. The van der Waals surface area contributed by atoms with Crippen LogP contribution in [-0.4, -0.2) is 78.7 Å². The molecule has 2 atom stereocenters. The number of aromatic amines is 2. The molecule has 0 unspecified atom stereocenters. The lowest BCUT2D eigenvalue weighted by Gasteiger charge is -2.18. The molecule has 0 aliphatic heterocycles. The van der Waals surface area contributed by atoms with E-state index in [1.54, 1.807) is 18.2 Å². The first-order chi connectivity index (χ1) is 34.9. The minimum Gasteiger partial charge on any atom is -0.478 e. The van der Waals surface area contributed by atoms with E-state index in [1.165, 1.54) is 18.2 Å². The van der Waals surface area contributed by atoms with Gasteiger partial charge in [-0.25, -0.2) is 28.3 Å².